The van der Waals surface area contributed by atoms with Gasteiger partial charge in [0.1, 0.15) is 12.1 Å². The van der Waals surface area contributed by atoms with E-state index in [0.29, 0.717) is 25.6 Å². The van der Waals surface area contributed by atoms with Gasteiger partial charge < -0.3 is 15.8 Å². The van der Waals surface area contributed by atoms with Crippen molar-refractivity contribution in [2.75, 3.05) is 11.9 Å². The Morgan fingerprint density at radius 1 is 1.21 bits per heavy atom. The number of benzene rings is 1. The number of ether oxygens (including phenoxy) is 1. The molecule has 0 saturated carbocycles. The van der Waals surface area contributed by atoms with Crippen LogP contribution in [0.2, 0.25) is 0 Å². The van der Waals surface area contributed by atoms with Gasteiger partial charge in [-0.05, 0) is 18.1 Å². The molecule has 2 rings (SSSR count). The normalized spacial score (nSPS) is 10.2. The molecular formula is C14H18N4O. The molecule has 0 saturated heterocycles. The van der Waals surface area contributed by atoms with E-state index in [4.69, 9.17) is 10.5 Å². The van der Waals surface area contributed by atoms with E-state index in [0.717, 1.165) is 11.4 Å². The molecule has 5 nitrogen and oxygen atoms in total. The molecule has 5 heteroatoms. The number of hydrogen-bond acceptors (Lipinski definition) is 5. The monoisotopic (exact) mass is 258 g/mol. The molecule has 0 aliphatic carbocycles. The number of anilines is 1. The molecular weight excluding hydrogens is 240 g/mol. The summed E-state index contributed by atoms with van der Waals surface area (Å²) in [6, 6.07) is 9.94. The van der Waals surface area contributed by atoms with E-state index in [1.165, 1.54) is 11.9 Å². The first kappa shape index (κ1) is 13.3. The van der Waals surface area contributed by atoms with Crippen molar-refractivity contribution in [2.24, 2.45) is 5.73 Å². The van der Waals surface area contributed by atoms with Gasteiger partial charge in [0.25, 0.3) is 0 Å². The fraction of sp³-hybridized carbons (Fsp3) is 0.286. The third-order valence-electron chi connectivity index (χ3n) is 2.63. The maximum atomic E-state index is 5.62. The number of hydrogen-bond donors (Lipinski definition) is 2. The molecule has 0 fully saturated rings. The molecule has 0 spiro atoms. The number of aromatic nitrogens is 2. The Morgan fingerprint density at radius 2 is 2.05 bits per heavy atom. The predicted octanol–water partition coefficient (Wildman–Crippen LogP) is 1.95. The molecule has 0 unspecified atom stereocenters. The van der Waals surface area contributed by atoms with Crippen LogP contribution in [-0.4, -0.2) is 16.6 Å². The molecule has 0 aliphatic rings. The first-order chi connectivity index (χ1) is 9.31. The quantitative estimate of drug-likeness (QED) is 0.828. The van der Waals surface area contributed by atoms with Gasteiger partial charge in [-0.2, -0.15) is 0 Å². The highest BCUT2D eigenvalue weighted by Gasteiger charge is 2.00. The fourth-order valence-corrected chi connectivity index (χ4v) is 1.72. The van der Waals surface area contributed by atoms with E-state index in [9.17, 15) is 0 Å². The van der Waals surface area contributed by atoms with E-state index in [2.05, 4.69) is 27.4 Å². The van der Waals surface area contributed by atoms with Crippen molar-refractivity contribution in [1.82, 2.24) is 9.97 Å². The number of nitrogens with two attached hydrogens (primary N) is 1. The molecule has 1 aromatic heterocycles. The molecule has 3 N–H and O–H groups in total. The van der Waals surface area contributed by atoms with Crippen molar-refractivity contribution < 1.29 is 4.74 Å². The van der Waals surface area contributed by atoms with Crippen LogP contribution < -0.4 is 15.8 Å². The lowest BCUT2D eigenvalue weighted by molar-refractivity contribution is 0.326. The first-order valence-electron chi connectivity index (χ1n) is 6.28. The lowest BCUT2D eigenvalue weighted by Crippen LogP contribution is -2.04. The molecule has 0 aliphatic heterocycles. The zero-order chi connectivity index (χ0) is 13.5. The summed E-state index contributed by atoms with van der Waals surface area (Å²) in [4.78, 5) is 8.17. The summed E-state index contributed by atoms with van der Waals surface area (Å²) in [5, 5.41) is 3.24. The van der Waals surface area contributed by atoms with Crippen LogP contribution in [0.15, 0.2) is 36.7 Å². The van der Waals surface area contributed by atoms with Crippen molar-refractivity contribution in [3.63, 3.8) is 0 Å². The summed E-state index contributed by atoms with van der Waals surface area (Å²) >= 11 is 0. The topological polar surface area (TPSA) is 73.1 Å². The minimum Gasteiger partial charge on any atom is -0.478 e. The Hall–Kier alpha value is -2.14. The van der Waals surface area contributed by atoms with Crippen molar-refractivity contribution >= 4 is 5.82 Å². The third kappa shape index (κ3) is 3.93. The number of nitrogens with one attached hydrogen (secondary N) is 1. The highest BCUT2D eigenvalue weighted by molar-refractivity contribution is 5.38. The lowest BCUT2D eigenvalue weighted by atomic mass is 10.1. The fourth-order valence-electron chi connectivity index (χ4n) is 1.72. The zero-order valence-corrected chi connectivity index (χ0v) is 11.0. The second kappa shape index (κ2) is 6.70. The summed E-state index contributed by atoms with van der Waals surface area (Å²) in [7, 11) is 0. The Kier molecular flexibility index (Phi) is 4.69. The van der Waals surface area contributed by atoms with Gasteiger partial charge in [0, 0.05) is 19.2 Å². The third-order valence-corrected chi connectivity index (χ3v) is 2.63. The van der Waals surface area contributed by atoms with Crippen LogP contribution in [0.1, 0.15) is 18.1 Å². The highest BCUT2D eigenvalue weighted by Crippen LogP contribution is 2.12. The molecule has 0 bridgehead atoms. The molecule has 100 valence electrons. The Bertz CT molecular complexity index is 530. The average Bonchev–Trinajstić information content (AvgIpc) is 2.46. The van der Waals surface area contributed by atoms with Crippen LogP contribution in [0, 0.1) is 0 Å². The minimum absolute atomic E-state index is 0.551. The Balaban J connectivity index is 1.99. The van der Waals surface area contributed by atoms with Crippen LogP contribution in [0.3, 0.4) is 0 Å². The highest BCUT2D eigenvalue weighted by atomic mass is 16.5. The van der Waals surface area contributed by atoms with Crippen molar-refractivity contribution in [2.45, 2.75) is 20.0 Å². The predicted molar refractivity (Wildman–Crippen MR) is 74.9 cm³/mol. The average molecular weight is 258 g/mol. The standard InChI is InChI=1S/C14H18N4O/c1-2-19-14-7-13(17-10-18-14)16-9-12-5-3-4-11(6-12)8-15/h3-7,10H,2,8-9,15H2,1H3,(H,16,17,18). The summed E-state index contributed by atoms with van der Waals surface area (Å²) in [5.74, 6) is 1.33. The van der Waals surface area contributed by atoms with E-state index in [1.807, 2.05) is 19.1 Å². The Morgan fingerprint density at radius 3 is 2.84 bits per heavy atom. The Labute approximate surface area is 112 Å². The van der Waals surface area contributed by atoms with Gasteiger partial charge in [0.05, 0.1) is 6.61 Å². The number of rotatable bonds is 6. The summed E-state index contributed by atoms with van der Waals surface area (Å²) in [6.45, 7) is 3.76. The van der Waals surface area contributed by atoms with Gasteiger partial charge in [-0.1, -0.05) is 24.3 Å². The van der Waals surface area contributed by atoms with E-state index >= 15 is 0 Å². The van der Waals surface area contributed by atoms with Crippen LogP contribution in [0.25, 0.3) is 0 Å². The second-order valence-electron chi connectivity index (χ2n) is 4.05. The van der Waals surface area contributed by atoms with Crippen molar-refractivity contribution in [3.05, 3.63) is 47.8 Å². The largest absolute Gasteiger partial charge is 0.478 e. The van der Waals surface area contributed by atoms with E-state index < -0.39 is 0 Å². The summed E-state index contributed by atoms with van der Waals surface area (Å²) < 4.78 is 5.33. The van der Waals surface area contributed by atoms with Gasteiger partial charge in [-0.3, -0.25) is 0 Å². The molecule has 0 amide bonds. The lowest BCUT2D eigenvalue weighted by Gasteiger charge is -2.08. The molecule has 0 radical (unpaired) electrons. The molecule has 1 heterocycles. The smallest absolute Gasteiger partial charge is 0.218 e. The van der Waals surface area contributed by atoms with E-state index in [-0.39, 0.29) is 0 Å². The molecule has 0 atom stereocenters. The second-order valence-corrected chi connectivity index (χ2v) is 4.05. The van der Waals surface area contributed by atoms with Gasteiger partial charge in [0.2, 0.25) is 5.88 Å². The van der Waals surface area contributed by atoms with Gasteiger partial charge in [0.15, 0.2) is 0 Å². The first-order valence-corrected chi connectivity index (χ1v) is 6.28. The van der Waals surface area contributed by atoms with E-state index in [1.54, 1.807) is 6.07 Å². The zero-order valence-electron chi connectivity index (χ0n) is 11.0. The molecule has 19 heavy (non-hydrogen) atoms. The van der Waals surface area contributed by atoms with Gasteiger partial charge in [-0.15, -0.1) is 0 Å². The van der Waals surface area contributed by atoms with Crippen LogP contribution in [0.5, 0.6) is 5.88 Å². The van der Waals surface area contributed by atoms with Crippen LogP contribution in [-0.2, 0) is 13.1 Å². The van der Waals surface area contributed by atoms with Crippen molar-refractivity contribution in [1.29, 1.82) is 0 Å². The van der Waals surface area contributed by atoms with Crippen LogP contribution >= 0.6 is 0 Å². The van der Waals surface area contributed by atoms with Crippen molar-refractivity contribution in [3.8, 4) is 5.88 Å². The summed E-state index contributed by atoms with van der Waals surface area (Å²) in [6.07, 6.45) is 1.49. The van der Waals surface area contributed by atoms with Crippen LogP contribution in [0.4, 0.5) is 5.82 Å². The SMILES string of the molecule is CCOc1cc(NCc2cccc(CN)c2)ncn1. The maximum absolute atomic E-state index is 5.62. The number of nitrogens with zero attached hydrogens (tertiary/aromatic N) is 2. The molecule has 2 aromatic rings. The van der Waals surface area contributed by atoms with Gasteiger partial charge >= 0.3 is 0 Å². The maximum Gasteiger partial charge on any atom is 0.218 e. The molecule has 1 aromatic carbocycles. The summed E-state index contributed by atoms with van der Waals surface area (Å²) in [5.41, 5.74) is 7.91. The van der Waals surface area contributed by atoms with Gasteiger partial charge in [-0.25, -0.2) is 9.97 Å². The minimum atomic E-state index is 0.551.